The molecule has 3 aromatic heterocycles. The average Bonchev–Trinajstić information content (AvgIpc) is 3.92. The predicted octanol–water partition coefficient (Wildman–Crippen LogP) is 15.3. The Kier molecular flexibility index (Phi) is 6.21. The summed E-state index contributed by atoms with van der Waals surface area (Å²) in [6, 6.07) is 63.0. The number of nitrogens with zero attached hydrogens (tertiary/aromatic N) is 1. The first-order chi connectivity index (χ1) is 26.8. The van der Waals surface area contributed by atoms with Gasteiger partial charge < -0.3 is 13.7 Å². The van der Waals surface area contributed by atoms with E-state index >= 15 is 0 Å². The molecule has 4 heteroatoms. The molecule has 0 unspecified atom stereocenters. The van der Waals surface area contributed by atoms with Gasteiger partial charge in [-0.05, 0) is 81.9 Å². The fourth-order valence-electron chi connectivity index (χ4n) is 8.59. The molecule has 0 bridgehead atoms. The van der Waals surface area contributed by atoms with Crippen LogP contribution in [0.5, 0.6) is 0 Å². The molecular formula is C50H29NO2S. The summed E-state index contributed by atoms with van der Waals surface area (Å²) in [7, 11) is 0. The summed E-state index contributed by atoms with van der Waals surface area (Å²) in [4.78, 5) is 2.38. The van der Waals surface area contributed by atoms with Crippen LogP contribution in [0.2, 0.25) is 0 Å². The zero-order chi connectivity index (χ0) is 35.3. The first-order valence-corrected chi connectivity index (χ1v) is 19.1. The largest absolute Gasteiger partial charge is 0.456 e. The standard InChI is InChI=1S/C50H29NO2S/c1-3-12-35-30(9-1)11-7-15-36(35)32-19-22-33(23-20-32)51(34-24-26-39-38-14-5-6-18-43(38)52-45(39)29-34)42-17-8-16-41-48-46(54-50(41)42)28-27-44-47(48)40-25-21-31-10-2-4-13-37(31)49(40)53-44/h1-29H. The molecule has 0 amide bonds. The zero-order valence-corrected chi connectivity index (χ0v) is 29.7. The van der Waals surface area contributed by atoms with E-state index < -0.39 is 0 Å². The highest BCUT2D eigenvalue weighted by molar-refractivity contribution is 7.26. The van der Waals surface area contributed by atoms with Crippen LogP contribution in [0.4, 0.5) is 17.1 Å². The lowest BCUT2D eigenvalue weighted by molar-refractivity contribution is 0.669. The van der Waals surface area contributed by atoms with E-state index in [0.29, 0.717) is 0 Å². The fraction of sp³-hybridized carbons (Fsp3) is 0. The second-order valence-corrected chi connectivity index (χ2v) is 15.1. The molecular weight excluding hydrogens is 679 g/mol. The van der Waals surface area contributed by atoms with Crippen molar-refractivity contribution in [1.29, 1.82) is 0 Å². The van der Waals surface area contributed by atoms with E-state index in [1.165, 1.54) is 52.8 Å². The highest BCUT2D eigenvalue weighted by Gasteiger charge is 2.22. The van der Waals surface area contributed by atoms with Crippen LogP contribution in [0.1, 0.15) is 0 Å². The van der Waals surface area contributed by atoms with Crippen molar-refractivity contribution < 1.29 is 8.83 Å². The molecule has 0 atom stereocenters. The molecule has 0 saturated carbocycles. The van der Waals surface area contributed by atoms with Crippen LogP contribution in [0, 0.1) is 0 Å². The lowest BCUT2D eigenvalue weighted by atomic mass is 9.98. The summed E-state index contributed by atoms with van der Waals surface area (Å²) >= 11 is 1.84. The molecule has 0 spiro atoms. The monoisotopic (exact) mass is 707 g/mol. The van der Waals surface area contributed by atoms with Gasteiger partial charge in [0.1, 0.15) is 22.3 Å². The van der Waals surface area contributed by atoms with Gasteiger partial charge in [-0.15, -0.1) is 11.3 Å². The van der Waals surface area contributed by atoms with Crippen molar-refractivity contribution in [3.63, 3.8) is 0 Å². The fourth-order valence-corrected chi connectivity index (χ4v) is 9.81. The highest BCUT2D eigenvalue weighted by atomic mass is 32.1. The Morgan fingerprint density at radius 2 is 1.09 bits per heavy atom. The summed E-state index contributed by atoms with van der Waals surface area (Å²) in [5.41, 5.74) is 9.26. The van der Waals surface area contributed by atoms with Crippen LogP contribution < -0.4 is 4.90 Å². The molecule has 0 aliphatic rings. The van der Waals surface area contributed by atoms with Crippen molar-refractivity contribution in [2.45, 2.75) is 0 Å². The Labute approximate surface area is 313 Å². The normalized spacial score (nSPS) is 12.1. The second-order valence-electron chi connectivity index (χ2n) is 14.0. The first kappa shape index (κ1) is 29.7. The van der Waals surface area contributed by atoms with Gasteiger partial charge in [-0.1, -0.05) is 115 Å². The minimum absolute atomic E-state index is 0.869. The van der Waals surface area contributed by atoms with Crippen LogP contribution in [0.15, 0.2) is 185 Å². The summed E-state index contributed by atoms with van der Waals surface area (Å²) in [5.74, 6) is 0. The summed E-state index contributed by atoms with van der Waals surface area (Å²) in [5, 5.41) is 11.8. The summed E-state index contributed by atoms with van der Waals surface area (Å²) < 4.78 is 15.5. The van der Waals surface area contributed by atoms with Gasteiger partial charge in [0, 0.05) is 59.8 Å². The molecule has 0 radical (unpaired) electrons. The molecule has 0 fully saturated rings. The molecule has 252 valence electrons. The lowest BCUT2D eigenvalue weighted by Crippen LogP contribution is -2.10. The summed E-state index contributed by atoms with van der Waals surface area (Å²) in [6.07, 6.45) is 0. The van der Waals surface area contributed by atoms with Gasteiger partial charge in [-0.2, -0.15) is 0 Å². The SMILES string of the molecule is c1ccc2c(-c3ccc(N(c4ccc5c(c4)oc4ccccc45)c4cccc5c4sc4ccc6oc7c8ccccc8ccc7c6c45)cc3)cccc2c1. The number of benzene rings is 9. The minimum Gasteiger partial charge on any atom is -0.456 e. The Hall–Kier alpha value is -6.88. The van der Waals surface area contributed by atoms with Crippen LogP contribution in [0.3, 0.4) is 0 Å². The third-order valence-electron chi connectivity index (χ3n) is 11.1. The molecule has 3 nitrogen and oxygen atoms in total. The molecule has 12 rings (SSSR count). The smallest absolute Gasteiger partial charge is 0.143 e. The van der Waals surface area contributed by atoms with Crippen LogP contribution in [-0.2, 0) is 0 Å². The number of thiophene rings is 1. The number of anilines is 3. The number of para-hydroxylation sites is 1. The van der Waals surface area contributed by atoms with Crippen molar-refractivity contribution in [2.75, 3.05) is 4.90 Å². The molecule has 0 saturated heterocycles. The van der Waals surface area contributed by atoms with Gasteiger partial charge in [0.25, 0.3) is 0 Å². The van der Waals surface area contributed by atoms with Crippen molar-refractivity contribution in [3.8, 4) is 11.1 Å². The molecule has 3 heterocycles. The van der Waals surface area contributed by atoms with E-state index in [1.54, 1.807) is 0 Å². The molecule has 12 aromatic rings. The third-order valence-corrected chi connectivity index (χ3v) is 12.2. The second kappa shape index (κ2) is 11.3. The van der Waals surface area contributed by atoms with Crippen LogP contribution in [-0.4, -0.2) is 0 Å². The minimum atomic E-state index is 0.869. The van der Waals surface area contributed by atoms with Crippen molar-refractivity contribution >= 4 is 114 Å². The van der Waals surface area contributed by atoms with Crippen molar-refractivity contribution in [1.82, 2.24) is 0 Å². The van der Waals surface area contributed by atoms with Gasteiger partial charge in [0.15, 0.2) is 0 Å². The maximum Gasteiger partial charge on any atom is 0.143 e. The third kappa shape index (κ3) is 4.29. The molecule has 0 aliphatic carbocycles. The van der Waals surface area contributed by atoms with E-state index in [9.17, 15) is 0 Å². The quantitative estimate of drug-likeness (QED) is 0.182. The van der Waals surface area contributed by atoms with E-state index in [2.05, 4.69) is 169 Å². The van der Waals surface area contributed by atoms with E-state index in [4.69, 9.17) is 8.83 Å². The van der Waals surface area contributed by atoms with E-state index in [1.807, 2.05) is 23.5 Å². The van der Waals surface area contributed by atoms with Gasteiger partial charge in [-0.25, -0.2) is 0 Å². The molecule has 0 aliphatic heterocycles. The number of hydrogen-bond donors (Lipinski definition) is 0. The van der Waals surface area contributed by atoms with Gasteiger partial charge >= 0.3 is 0 Å². The van der Waals surface area contributed by atoms with Crippen molar-refractivity contribution in [2.24, 2.45) is 0 Å². The Balaban J connectivity index is 1.10. The van der Waals surface area contributed by atoms with Gasteiger partial charge in [0.05, 0.1) is 10.4 Å². The molecule has 54 heavy (non-hydrogen) atoms. The summed E-state index contributed by atoms with van der Waals surface area (Å²) in [6.45, 7) is 0. The maximum absolute atomic E-state index is 6.63. The molecule has 0 N–H and O–H groups in total. The lowest BCUT2D eigenvalue weighted by Gasteiger charge is -2.26. The van der Waals surface area contributed by atoms with E-state index in [-0.39, 0.29) is 0 Å². The predicted molar refractivity (Wildman–Crippen MR) is 229 cm³/mol. The van der Waals surface area contributed by atoms with Gasteiger partial charge in [0.2, 0.25) is 0 Å². The van der Waals surface area contributed by atoms with Crippen LogP contribution >= 0.6 is 11.3 Å². The topological polar surface area (TPSA) is 29.5 Å². The Bertz CT molecular complexity index is 3450. The number of hydrogen-bond acceptors (Lipinski definition) is 4. The Morgan fingerprint density at radius 1 is 0.407 bits per heavy atom. The highest BCUT2D eigenvalue weighted by Crippen LogP contribution is 2.49. The average molecular weight is 708 g/mol. The van der Waals surface area contributed by atoms with Crippen molar-refractivity contribution in [3.05, 3.63) is 176 Å². The van der Waals surface area contributed by atoms with Gasteiger partial charge in [-0.3, -0.25) is 0 Å². The van der Waals surface area contributed by atoms with Crippen LogP contribution in [0.25, 0.3) is 96.7 Å². The Morgan fingerprint density at radius 3 is 1.98 bits per heavy atom. The molecule has 9 aromatic carbocycles. The first-order valence-electron chi connectivity index (χ1n) is 18.2. The maximum atomic E-state index is 6.63. The number of rotatable bonds is 4. The number of fused-ring (bicyclic) bond motifs is 13. The van der Waals surface area contributed by atoms with E-state index in [0.717, 1.165) is 60.9 Å². The number of furan rings is 2. The zero-order valence-electron chi connectivity index (χ0n) is 28.9.